The fourth-order valence-corrected chi connectivity index (χ4v) is 11.7. The van der Waals surface area contributed by atoms with Crippen molar-refractivity contribution in [1.82, 2.24) is 14.5 Å². The number of carboxylic acids is 2. The van der Waals surface area contributed by atoms with Crippen molar-refractivity contribution in [2.75, 3.05) is 42.2 Å². The van der Waals surface area contributed by atoms with Gasteiger partial charge in [-0.1, -0.05) is 66.2 Å². The Morgan fingerprint density at radius 1 is 0.821 bits per heavy atom. The van der Waals surface area contributed by atoms with Gasteiger partial charge < -0.3 is 30.9 Å². The standard InChI is InChI=1S/C46H41ClN6O12S2/c47-38-39(65-24-37(56)57)41(46(61)62)66-40(38)26-8-4-10-30(20-26)49-28-16-18-52(19-17-28)67(63,64)42(25-6-2-1-3-7-25)27-9-5-11-31(21-27)50-36(55)23-48-29-12-13-32-33(22-29)45(60)53(44(32)59)34-14-15-35(54)51-43(34)58/h1-13,20-22,28,34,42,48-49H,14-19,23-24H2,(H,50,55)(H,56,57)(H,61,62)(H,51,54,58). The molecule has 5 amide bonds. The second-order valence-electron chi connectivity index (χ2n) is 15.9. The summed E-state index contributed by atoms with van der Waals surface area (Å²) in [6.45, 7) is -0.624. The average Bonchev–Trinajstić information content (AvgIpc) is 3.76. The number of amides is 5. The molecule has 0 radical (unpaired) electrons. The molecule has 4 aromatic carbocycles. The molecule has 0 aliphatic carbocycles. The molecular formula is C46H41ClN6O12S2. The van der Waals surface area contributed by atoms with Gasteiger partial charge in [0.25, 0.3) is 11.8 Å². The van der Waals surface area contributed by atoms with Gasteiger partial charge in [-0.15, -0.1) is 11.3 Å². The van der Waals surface area contributed by atoms with Gasteiger partial charge in [0.1, 0.15) is 16.3 Å². The Bertz CT molecular complexity index is 2940. The Morgan fingerprint density at radius 2 is 1.52 bits per heavy atom. The topological polar surface area (TPSA) is 258 Å². The third-order valence-electron chi connectivity index (χ3n) is 11.4. The minimum atomic E-state index is -4.04. The fourth-order valence-electron chi connectivity index (χ4n) is 8.29. The number of aliphatic carboxylic acids is 1. The van der Waals surface area contributed by atoms with Gasteiger partial charge in [-0.2, -0.15) is 0 Å². The second kappa shape index (κ2) is 19.4. The zero-order chi connectivity index (χ0) is 47.6. The number of imide groups is 2. The molecule has 0 saturated carbocycles. The van der Waals surface area contributed by atoms with E-state index < -0.39 is 69.4 Å². The fraction of sp³-hybridized carbons (Fsp3) is 0.239. The number of fused-ring (bicyclic) bond motifs is 1. The van der Waals surface area contributed by atoms with E-state index in [1.54, 1.807) is 72.8 Å². The highest BCUT2D eigenvalue weighted by Gasteiger charge is 2.45. The lowest BCUT2D eigenvalue weighted by molar-refractivity contribution is -0.139. The molecule has 18 nitrogen and oxygen atoms in total. The Labute approximate surface area is 391 Å². The monoisotopic (exact) mass is 968 g/mol. The number of nitrogens with one attached hydrogen (secondary N) is 4. The van der Waals surface area contributed by atoms with Crippen LogP contribution >= 0.6 is 22.9 Å². The maximum Gasteiger partial charge on any atom is 0.349 e. The molecule has 346 valence electrons. The van der Waals surface area contributed by atoms with Gasteiger partial charge in [0.05, 0.1) is 22.5 Å². The lowest BCUT2D eigenvalue weighted by Crippen LogP contribution is -2.54. The third-order valence-corrected chi connectivity index (χ3v) is 15.3. The maximum atomic E-state index is 14.6. The molecule has 4 heterocycles. The summed E-state index contributed by atoms with van der Waals surface area (Å²) in [4.78, 5) is 87.7. The number of anilines is 3. The molecule has 21 heteroatoms. The van der Waals surface area contributed by atoms with E-state index in [-0.39, 0.29) is 65.3 Å². The van der Waals surface area contributed by atoms with Gasteiger partial charge in [0.2, 0.25) is 27.7 Å². The number of ether oxygens (including phenoxy) is 1. The van der Waals surface area contributed by atoms with E-state index in [1.807, 2.05) is 6.07 Å². The minimum Gasteiger partial charge on any atom is -0.479 e. The summed E-state index contributed by atoms with van der Waals surface area (Å²) in [7, 11) is -4.04. The van der Waals surface area contributed by atoms with Gasteiger partial charge in [-0.05, 0) is 78.4 Å². The first kappa shape index (κ1) is 46.4. The quantitative estimate of drug-likeness (QED) is 0.0651. The number of hydrogen-bond donors (Lipinski definition) is 6. The molecule has 3 aliphatic heterocycles. The lowest BCUT2D eigenvalue weighted by Gasteiger charge is -2.35. The Kier molecular flexibility index (Phi) is 13.4. The number of halogens is 1. The zero-order valence-electron chi connectivity index (χ0n) is 35.2. The summed E-state index contributed by atoms with van der Waals surface area (Å²) in [6.07, 6.45) is 0.918. The number of nitrogens with zero attached hydrogens (tertiary/aromatic N) is 2. The van der Waals surface area contributed by atoms with Crippen LogP contribution in [0.25, 0.3) is 10.4 Å². The Morgan fingerprint density at radius 3 is 2.24 bits per heavy atom. The van der Waals surface area contributed by atoms with Crippen molar-refractivity contribution < 1.29 is 56.9 Å². The highest BCUT2D eigenvalue weighted by atomic mass is 35.5. The number of hydrogen-bond acceptors (Lipinski definition) is 13. The number of piperidine rings is 2. The van der Waals surface area contributed by atoms with E-state index >= 15 is 0 Å². The van der Waals surface area contributed by atoms with E-state index in [4.69, 9.17) is 21.4 Å². The summed E-state index contributed by atoms with van der Waals surface area (Å²) in [6, 6.07) is 25.6. The zero-order valence-corrected chi connectivity index (χ0v) is 37.6. The predicted molar refractivity (Wildman–Crippen MR) is 247 cm³/mol. The molecule has 2 saturated heterocycles. The van der Waals surface area contributed by atoms with Gasteiger partial charge in [-0.25, -0.2) is 22.3 Å². The van der Waals surface area contributed by atoms with Crippen LogP contribution in [0, 0.1) is 0 Å². The highest BCUT2D eigenvalue weighted by molar-refractivity contribution is 7.89. The summed E-state index contributed by atoms with van der Waals surface area (Å²) < 4.78 is 35.9. The van der Waals surface area contributed by atoms with Crippen molar-refractivity contribution >= 4 is 91.5 Å². The number of aromatic carboxylic acids is 1. The van der Waals surface area contributed by atoms with Crippen LogP contribution in [0.5, 0.6) is 5.75 Å². The minimum absolute atomic E-state index is 0.0102. The smallest absolute Gasteiger partial charge is 0.349 e. The van der Waals surface area contributed by atoms with Gasteiger partial charge in [-0.3, -0.25) is 34.2 Å². The van der Waals surface area contributed by atoms with Crippen LogP contribution in [0.15, 0.2) is 97.1 Å². The predicted octanol–water partition coefficient (Wildman–Crippen LogP) is 5.68. The second-order valence-corrected chi connectivity index (χ2v) is 19.3. The largest absolute Gasteiger partial charge is 0.479 e. The van der Waals surface area contributed by atoms with Crippen molar-refractivity contribution in [3.63, 3.8) is 0 Å². The van der Waals surface area contributed by atoms with E-state index in [0.29, 0.717) is 51.5 Å². The lowest BCUT2D eigenvalue weighted by atomic mass is 10.0. The highest BCUT2D eigenvalue weighted by Crippen LogP contribution is 2.46. The molecule has 1 aromatic heterocycles. The SMILES string of the molecule is O=C(O)COc1c(C(=O)O)sc(-c2cccc(NC3CCN(S(=O)(=O)C(c4ccccc4)c4cccc(NC(=O)CNc5ccc6c(c5)C(=O)N(C5CCC(=O)NC5=O)C6=O)c4)CC3)c2)c1Cl. The Balaban J connectivity index is 0.914. The van der Waals surface area contributed by atoms with Crippen LogP contribution in [0.3, 0.4) is 0 Å². The van der Waals surface area contributed by atoms with Crippen LogP contribution in [-0.4, -0.2) is 108 Å². The van der Waals surface area contributed by atoms with Crippen LogP contribution in [0.1, 0.15) is 72.4 Å². The number of carboxylic acid groups (broad SMARTS) is 2. The number of rotatable bonds is 16. The molecule has 2 atom stereocenters. The molecule has 5 aromatic rings. The number of thiophene rings is 1. The molecule has 6 N–H and O–H groups in total. The van der Waals surface area contributed by atoms with Gasteiger partial charge >= 0.3 is 11.9 Å². The first-order valence-electron chi connectivity index (χ1n) is 20.9. The number of carbonyl (C=O) groups excluding carboxylic acids is 5. The third kappa shape index (κ3) is 9.87. The molecule has 0 bridgehead atoms. The van der Waals surface area contributed by atoms with Crippen molar-refractivity contribution in [3.05, 3.63) is 129 Å². The van der Waals surface area contributed by atoms with E-state index in [9.17, 15) is 47.1 Å². The van der Waals surface area contributed by atoms with E-state index in [1.165, 1.54) is 22.5 Å². The molecule has 8 rings (SSSR count). The van der Waals surface area contributed by atoms with Crippen molar-refractivity contribution in [3.8, 4) is 16.2 Å². The first-order valence-corrected chi connectivity index (χ1v) is 23.6. The van der Waals surface area contributed by atoms with Crippen molar-refractivity contribution in [2.45, 2.75) is 43.0 Å². The molecule has 3 aliphatic rings. The summed E-state index contributed by atoms with van der Waals surface area (Å²) in [5.41, 5.74) is 3.05. The number of benzene rings is 4. The van der Waals surface area contributed by atoms with Crippen LogP contribution in [0.4, 0.5) is 17.1 Å². The van der Waals surface area contributed by atoms with Crippen LogP contribution in [-0.2, 0) is 29.2 Å². The molecule has 2 unspecified atom stereocenters. The molecular weight excluding hydrogens is 928 g/mol. The molecule has 67 heavy (non-hydrogen) atoms. The van der Waals surface area contributed by atoms with Crippen molar-refractivity contribution in [2.24, 2.45) is 0 Å². The Hall–Kier alpha value is -7.13. The van der Waals surface area contributed by atoms with Crippen molar-refractivity contribution in [1.29, 1.82) is 0 Å². The van der Waals surface area contributed by atoms with Crippen LogP contribution < -0.4 is 26.0 Å². The summed E-state index contributed by atoms with van der Waals surface area (Å²) in [5.74, 6) is -5.85. The van der Waals surface area contributed by atoms with Gasteiger partial charge in [0, 0.05) is 42.6 Å². The number of carbonyl (C=O) groups is 7. The molecule has 0 spiro atoms. The number of sulfonamides is 1. The van der Waals surface area contributed by atoms with E-state index in [0.717, 1.165) is 16.2 Å². The van der Waals surface area contributed by atoms with Crippen LogP contribution in [0.2, 0.25) is 5.02 Å². The first-order chi connectivity index (χ1) is 32.1. The normalized spacial score (nSPS) is 17.1. The average molecular weight is 969 g/mol. The maximum absolute atomic E-state index is 14.6. The molecule has 2 fully saturated rings. The van der Waals surface area contributed by atoms with Gasteiger partial charge in [0.15, 0.2) is 17.2 Å². The summed E-state index contributed by atoms with van der Waals surface area (Å²) >= 11 is 7.37. The summed E-state index contributed by atoms with van der Waals surface area (Å²) in [5, 5.41) is 29.0. The van der Waals surface area contributed by atoms with E-state index in [2.05, 4.69) is 21.3 Å².